The third-order valence-electron chi connectivity index (χ3n) is 7.30. The summed E-state index contributed by atoms with van der Waals surface area (Å²) in [6.07, 6.45) is 4.74. The van der Waals surface area contributed by atoms with Crippen LogP contribution in [0.1, 0.15) is 69.2 Å². The molecule has 1 aliphatic carbocycles. The zero-order valence-corrected chi connectivity index (χ0v) is 22.5. The van der Waals surface area contributed by atoms with Crippen LogP contribution >= 0.6 is 11.6 Å². The van der Waals surface area contributed by atoms with E-state index in [0.29, 0.717) is 28.3 Å². The van der Waals surface area contributed by atoms with E-state index in [4.69, 9.17) is 16.9 Å². The molecule has 1 amide bonds. The number of carbonyl (C=O) groups excluding carboxylic acids is 1. The van der Waals surface area contributed by atoms with Gasteiger partial charge in [0.2, 0.25) is 5.91 Å². The molecule has 2 aromatic carbocycles. The fourth-order valence-corrected chi connectivity index (χ4v) is 4.68. The Balaban J connectivity index is 0.000000189. The van der Waals surface area contributed by atoms with Gasteiger partial charge in [0.1, 0.15) is 6.07 Å². The SMILES string of the molecule is CCC(C)C1CCN(C(=O)C2CC2C)C1.CCc1ccccc1C.Cc1ccc(C#N)c(Cl)c1. The topological polar surface area (TPSA) is 44.1 Å². The zero-order chi connectivity index (χ0) is 25.3. The first-order valence-corrected chi connectivity index (χ1v) is 13.1. The second-order valence-corrected chi connectivity index (χ2v) is 10.3. The van der Waals surface area contributed by atoms with E-state index >= 15 is 0 Å². The Hall–Kier alpha value is -2.31. The van der Waals surface area contributed by atoms with E-state index in [9.17, 15) is 4.79 Å². The van der Waals surface area contributed by atoms with Gasteiger partial charge in [0.15, 0.2) is 0 Å². The number of benzene rings is 2. The lowest BCUT2D eigenvalue weighted by Crippen LogP contribution is -2.31. The molecule has 2 aromatic rings. The third-order valence-corrected chi connectivity index (χ3v) is 7.61. The highest BCUT2D eigenvalue weighted by Crippen LogP contribution is 2.40. The summed E-state index contributed by atoms with van der Waals surface area (Å²) in [6, 6.07) is 15.8. The summed E-state index contributed by atoms with van der Waals surface area (Å²) in [5.41, 5.74) is 4.47. The second-order valence-electron chi connectivity index (χ2n) is 9.91. The molecule has 4 unspecified atom stereocenters. The number of aryl methyl sites for hydroxylation is 3. The van der Waals surface area contributed by atoms with E-state index in [1.165, 1.54) is 24.0 Å². The fourth-order valence-electron chi connectivity index (χ4n) is 4.40. The minimum Gasteiger partial charge on any atom is -0.342 e. The summed E-state index contributed by atoms with van der Waals surface area (Å²) in [5, 5.41) is 9.00. The fraction of sp³-hybridized carbons (Fsp3) is 0.533. The van der Waals surface area contributed by atoms with E-state index in [1.54, 1.807) is 12.1 Å². The van der Waals surface area contributed by atoms with Gasteiger partial charge < -0.3 is 4.90 Å². The van der Waals surface area contributed by atoms with Crippen LogP contribution in [0.3, 0.4) is 0 Å². The Morgan fingerprint density at radius 2 is 1.88 bits per heavy atom. The number of nitriles is 1. The predicted octanol–water partition coefficient (Wildman–Crippen LogP) is 7.61. The molecule has 0 radical (unpaired) electrons. The molecule has 0 N–H and O–H groups in total. The maximum atomic E-state index is 12.0. The maximum Gasteiger partial charge on any atom is 0.225 e. The number of carbonyl (C=O) groups is 1. The lowest BCUT2D eigenvalue weighted by atomic mass is 9.91. The first-order chi connectivity index (χ1) is 16.2. The molecule has 1 heterocycles. The molecular formula is C30H41ClN2O. The Morgan fingerprint density at radius 3 is 2.38 bits per heavy atom. The zero-order valence-electron chi connectivity index (χ0n) is 21.8. The van der Waals surface area contributed by atoms with Crippen LogP contribution in [0.4, 0.5) is 0 Å². The van der Waals surface area contributed by atoms with Crippen LogP contribution < -0.4 is 0 Å². The van der Waals surface area contributed by atoms with E-state index in [1.807, 2.05) is 19.1 Å². The molecule has 0 spiro atoms. The van der Waals surface area contributed by atoms with Gasteiger partial charge in [-0.05, 0) is 79.7 Å². The molecule has 34 heavy (non-hydrogen) atoms. The highest BCUT2D eigenvalue weighted by Gasteiger charge is 2.43. The molecule has 4 rings (SSSR count). The molecule has 2 fully saturated rings. The van der Waals surface area contributed by atoms with Gasteiger partial charge in [0.25, 0.3) is 0 Å². The minimum absolute atomic E-state index is 0.376. The van der Waals surface area contributed by atoms with Gasteiger partial charge in [-0.2, -0.15) is 5.26 Å². The number of halogens is 1. The van der Waals surface area contributed by atoms with Crippen LogP contribution in [0, 0.1) is 48.9 Å². The number of amides is 1. The van der Waals surface area contributed by atoms with Gasteiger partial charge >= 0.3 is 0 Å². The Labute approximate surface area is 212 Å². The summed E-state index contributed by atoms with van der Waals surface area (Å²) in [7, 11) is 0. The van der Waals surface area contributed by atoms with Crippen LogP contribution in [0.15, 0.2) is 42.5 Å². The molecule has 4 atom stereocenters. The Bertz CT molecular complexity index is 980. The van der Waals surface area contributed by atoms with Gasteiger partial charge in [0.05, 0.1) is 10.6 Å². The molecule has 1 saturated carbocycles. The van der Waals surface area contributed by atoms with E-state index < -0.39 is 0 Å². The van der Waals surface area contributed by atoms with E-state index in [2.05, 4.69) is 63.8 Å². The van der Waals surface area contributed by atoms with Crippen molar-refractivity contribution >= 4 is 17.5 Å². The van der Waals surface area contributed by atoms with Crippen molar-refractivity contribution in [2.75, 3.05) is 13.1 Å². The monoisotopic (exact) mass is 480 g/mol. The third kappa shape index (κ3) is 8.17. The van der Waals surface area contributed by atoms with Crippen molar-refractivity contribution in [3.05, 3.63) is 69.7 Å². The smallest absolute Gasteiger partial charge is 0.225 e. The molecule has 3 nitrogen and oxygen atoms in total. The van der Waals surface area contributed by atoms with Crippen LogP contribution in [-0.4, -0.2) is 23.9 Å². The van der Waals surface area contributed by atoms with Crippen molar-refractivity contribution in [3.8, 4) is 6.07 Å². The van der Waals surface area contributed by atoms with Gasteiger partial charge in [-0.3, -0.25) is 4.79 Å². The van der Waals surface area contributed by atoms with E-state index in [-0.39, 0.29) is 0 Å². The quantitative estimate of drug-likeness (QED) is 0.451. The molecule has 2 aliphatic rings. The second kappa shape index (κ2) is 13.5. The summed E-state index contributed by atoms with van der Waals surface area (Å²) in [5.74, 6) is 3.00. The van der Waals surface area contributed by atoms with Crippen LogP contribution in [0.25, 0.3) is 0 Å². The lowest BCUT2D eigenvalue weighted by Gasteiger charge is -2.19. The average Bonchev–Trinajstić information content (AvgIpc) is 3.35. The minimum atomic E-state index is 0.376. The van der Waals surface area contributed by atoms with Gasteiger partial charge in [-0.1, -0.05) is 76.0 Å². The molecule has 1 saturated heterocycles. The normalized spacial score (nSPS) is 21.4. The summed E-state index contributed by atoms with van der Waals surface area (Å²) in [4.78, 5) is 14.1. The number of rotatable bonds is 4. The van der Waals surface area contributed by atoms with E-state index in [0.717, 1.165) is 43.3 Å². The maximum absolute atomic E-state index is 12.0. The predicted molar refractivity (Wildman–Crippen MR) is 143 cm³/mol. The number of hydrogen-bond acceptors (Lipinski definition) is 2. The summed E-state index contributed by atoms with van der Waals surface area (Å²) >= 11 is 5.71. The molecule has 1 aliphatic heterocycles. The molecule has 0 aromatic heterocycles. The number of hydrogen-bond donors (Lipinski definition) is 0. The number of nitrogens with zero attached hydrogens (tertiary/aromatic N) is 2. The summed E-state index contributed by atoms with van der Waals surface area (Å²) in [6.45, 7) is 15.1. The highest BCUT2D eigenvalue weighted by molar-refractivity contribution is 6.31. The Morgan fingerprint density at radius 1 is 1.21 bits per heavy atom. The van der Waals surface area contributed by atoms with Crippen molar-refractivity contribution in [3.63, 3.8) is 0 Å². The number of likely N-dealkylation sites (tertiary alicyclic amines) is 1. The first-order valence-electron chi connectivity index (χ1n) is 12.7. The van der Waals surface area contributed by atoms with Gasteiger partial charge in [-0.25, -0.2) is 0 Å². The highest BCUT2D eigenvalue weighted by atomic mass is 35.5. The van der Waals surface area contributed by atoms with Crippen molar-refractivity contribution in [2.24, 2.45) is 23.7 Å². The lowest BCUT2D eigenvalue weighted by molar-refractivity contribution is -0.132. The van der Waals surface area contributed by atoms with Crippen molar-refractivity contribution < 1.29 is 4.79 Å². The Kier molecular flexibility index (Phi) is 11.1. The first kappa shape index (κ1) is 27.9. The van der Waals surface area contributed by atoms with Crippen molar-refractivity contribution in [2.45, 2.75) is 67.2 Å². The molecular weight excluding hydrogens is 440 g/mol. The molecule has 0 bridgehead atoms. The van der Waals surface area contributed by atoms with Crippen molar-refractivity contribution in [1.29, 1.82) is 5.26 Å². The molecule has 184 valence electrons. The summed E-state index contributed by atoms with van der Waals surface area (Å²) < 4.78 is 0. The van der Waals surface area contributed by atoms with Crippen LogP contribution in [0.5, 0.6) is 0 Å². The van der Waals surface area contributed by atoms with Gasteiger partial charge in [0, 0.05) is 19.0 Å². The largest absolute Gasteiger partial charge is 0.342 e. The van der Waals surface area contributed by atoms with Crippen LogP contribution in [0.2, 0.25) is 5.02 Å². The average molecular weight is 481 g/mol. The molecule has 4 heteroatoms. The standard InChI is InChI=1S/C13H23NO.C9H12.C8H6ClN/c1-4-9(2)11-5-6-14(8-11)13(15)12-7-10(12)3;1-3-9-7-5-4-6-8(9)2;1-6-2-3-7(5-10)8(9)4-6/h9-12H,4-8H2,1-3H3;4-7H,3H2,1-2H3;2-4H,1H3. The van der Waals surface area contributed by atoms with Crippen molar-refractivity contribution in [1.82, 2.24) is 4.90 Å². The van der Waals surface area contributed by atoms with Gasteiger partial charge in [-0.15, -0.1) is 0 Å². The van der Waals surface area contributed by atoms with Crippen LogP contribution in [-0.2, 0) is 11.2 Å².